The molecule has 0 aliphatic carbocycles. The molecule has 0 unspecified atom stereocenters. The molecule has 4 heteroatoms. The second-order valence-electron chi connectivity index (χ2n) is 6.85. The maximum Gasteiger partial charge on any atom is 0.237 e. The van der Waals surface area contributed by atoms with Crippen LogP contribution in [-0.2, 0) is 4.79 Å². The van der Waals surface area contributed by atoms with E-state index in [1.54, 1.807) is 0 Å². The monoisotopic (exact) mass is 326 g/mol. The summed E-state index contributed by atoms with van der Waals surface area (Å²) in [5, 5.41) is 2.83. The predicted molar refractivity (Wildman–Crippen MR) is 97.8 cm³/mol. The normalized spacial score (nSPS) is 12.5. The van der Waals surface area contributed by atoms with E-state index in [0.717, 1.165) is 16.9 Å². The zero-order valence-electron chi connectivity index (χ0n) is 14.6. The van der Waals surface area contributed by atoms with E-state index in [-0.39, 0.29) is 11.3 Å². The first-order valence-electron chi connectivity index (χ1n) is 8.20. The molecule has 0 fully saturated rings. The van der Waals surface area contributed by atoms with Crippen molar-refractivity contribution in [1.29, 1.82) is 0 Å². The van der Waals surface area contributed by atoms with Gasteiger partial charge in [0.2, 0.25) is 5.91 Å². The van der Waals surface area contributed by atoms with Crippen molar-refractivity contribution in [3.63, 3.8) is 0 Å². The number of para-hydroxylation sites is 1. The molecule has 0 spiro atoms. The van der Waals surface area contributed by atoms with E-state index in [1.165, 1.54) is 0 Å². The van der Waals surface area contributed by atoms with Gasteiger partial charge in [0.05, 0.1) is 12.6 Å². The molecule has 0 aliphatic rings. The summed E-state index contributed by atoms with van der Waals surface area (Å²) in [6.45, 7) is 6.66. The van der Waals surface area contributed by atoms with Crippen LogP contribution in [0.4, 0.5) is 0 Å². The lowest BCUT2D eigenvalue weighted by atomic mass is 9.87. The van der Waals surface area contributed by atoms with Crippen LogP contribution in [0, 0.1) is 5.41 Å². The Hall–Kier alpha value is -2.33. The largest absolute Gasteiger partial charge is 0.491 e. The zero-order valence-corrected chi connectivity index (χ0v) is 14.6. The minimum Gasteiger partial charge on any atom is -0.491 e. The Morgan fingerprint density at radius 1 is 1.08 bits per heavy atom. The highest BCUT2D eigenvalue weighted by atomic mass is 16.5. The van der Waals surface area contributed by atoms with Crippen LogP contribution < -0.4 is 15.8 Å². The van der Waals surface area contributed by atoms with Gasteiger partial charge >= 0.3 is 0 Å². The van der Waals surface area contributed by atoms with Gasteiger partial charge in [-0.3, -0.25) is 4.79 Å². The molecule has 128 valence electrons. The number of benzene rings is 2. The van der Waals surface area contributed by atoms with Crippen LogP contribution in [0.1, 0.15) is 20.8 Å². The van der Waals surface area contributed by atoms with Crippen molar-refractivity contribution in [3.8, 4) is 16.9 Å². The second kappa shape index (κ2) is 7.97. The summed E-state index contributed by atoms with van der Waals surface area (Å²) in [5.74, 6) is 0.653. The van der Waals surface area contributed by atoms with Crippen molar-refractivity contribution in [2.45, 2.75) is 26.8 Å². The summed E-state index contributed by atoms with van der Waals surface area (Å²) >= 11 is 0. The van der Waals surface area contributed by atoms with E-state index in [0.29, 0.717) is 13.2 Å². The van der Waals surface area contributed by atoms with Crippen molar-refractivity contribution in [1.82, 2.24) is 5.32 Å². The lowest BCUT2D eigenvalue weighted by Gasteiger charge is -2.25. The van der Waals surface area contributed by atoms with Gasteiger partial charge in [-0.1, -0.05) is 69.3 Å². The van der Waals surface area contributed by atoms with Crippen LogP contribution in [0.3, 0.4) is 0 Å². The molecule has 0 aromatic heterocycles. The fourth-order valence-electron chi connectivity index (χ4n) is 2.29. The highest BCUT2D eigenvalue weighted by Crippen LogP contribution is 2.29. The average molecular weight is 326 g/mol. The minimum atomic E-state index is -0.533. The van der Waals surface area contributed by atoms with E-state index >= 15 is 0 Å². The van der Waals surface area contributed by atoms with E-state index in [1.807, 2.05) is 75.4 Å². The average Bonchev–Trinajstić information content (AvgIpc) is 2.58. The smallest absolute Gasteiger partial charge is 0.237 e. The number of nitrogens with one attached hydrogen (secondary N) is 1. The van der Waals surface area contributed by atoms with Crippen LogP contribution in [0.2, 0.25) is 0 Å². The number of carbonyl (C=O) groups excluding carboxylic acids is 1. The number of hydrogen-bond donors (Lipinski definition) is 2. The third-order valence-corrected chi connectivity index (χ3v) is 3.85. The topological polar surface area (TPSA) is 64.4 Å². The number of rotatable bonds is 6. The highest BCUT2D eigenvalue weighted by molar-refractivity contribution is 5.82. The fourth-order valence-corrected chi connectivity index (χ4v) is 2.29. The highest BCUT2D eigenvalue weighted by Gasteiger charge is 2.26. The molecule has 0 saturated carbocycles. The van der Waals surface area contributed by atoms with Gasteiger partial charge in [-0.2, -0.15) is 0 Å². The molecule has 0 aliphatic heterocycles. The second-order valence-corrected chi connectivity index (χ2v) is 6.85. The van der Waals surface area contributed by atoms with Gasteiger partial charge in [0.25, 0.3) is 0 Å². The SMILES string of the molecule is CC(C)(C)[C@H](N)C(=O)NCCOc1ccccc1-c1ccccc1. The lowest BCUT2D eigenvalue weighted by molar-refractivity contribution is -0.124. The fraction of sp³-hybridized carbons (Fsp3) is 0.350. The zero-order chi connectivity index (χ0) is 17.6. The van der Waals surface area contributed by atoms with Gasteiger partial charge in [0, 0.05) is 5.56 Å². The third kappa shape index (κ3) is 4.83. The van der Waals surface area contributed by atoms with Crippen molar-refractivity contribution in [2.75, 3.05) is 13.2 Å². The Balaban J connectivity index is 1.91. The molecule has 1 atom stereocenters. The standard InChI is InChI=1S/C20H26N2O2/c1-20(2,3)18(21)19(23)22-13-14-24-17-12-8-7-11-16(17)15-9-5-4-6-10-15/h4-12,18H,13-14,21H2,1-3H3,(H,22,23)/t18-/m1/s1. The number of carbonyl (C=O) groups is 1. The summed E-state index contributed by atoms with van der Waals surface area (Å²) in [7, 11) is 0. The molecule has 3 N–H and O–H groups in total. The Bertz CT molecular complexity index is 663. The van der Waals surface area contributed by atoms with E-state index in [9.17, 15) is 4.79 Å². The molecular weight excluding hydrogens is 300 g/mol. The van der Waals surface area contributed by atoms with Gasteiger partial charge in [-0.25, -0.2) is 0 Å². The first kappa shape index (κ1) is 18.0. The Morgan fingerprint density at radius 3 is 2.38 bits per heavy atom. The number of nitrogens with two attached hydrogens (primary N) is 1. The third-order valence-electron chi connectivity index (χ3n) is 3.85. The molecule has 0 bridgehead atoms. The van der Waals surface area contributed by atoms with Gasteiger partial charge < -0.3 is 15.8 Å². The number of ether oxygens (including phenoxy) is 1. The lowest BCUT2D eigenvalue weighted by Crippen LogP contribution is -2.49. The Kier molecular flexibility index (Phi) is 5.99. The van der Waals surface area contributed by atoms with Gasteiger partial charge in [0.15, 0.2) is 0 Å². The van der Waals surface area contributed by atoms with Crippen LogP contribution in [0.25, 0.3) is 11.1 Å². The molecule has 2 aromatic rings. The van der Waals surface area contributed by atoms with Crippen LogP contribution >= 0.6 is 0 Å². The van der Waals surface area contributed by atoms with Crippen LogP contribution in [0.15, 0.2) is 54.6 Å². The maximum atomic E-state index is 12.0. The van der Waals surface area contributed by atoms with E-state index in [2.05, 4.69) is 5.32 Å². The maximum absolute atomic E-state index is 12.0. The number of hydrogen-bond acceptors (Lipinski definition) is 3. The molecule has 0 heterocycles. The molecule has 4 nitrogen and oxygen atoms in total. The van der Waals surface area contributed by atoms with Crippen molar-refractivity contribution in [2.24, 2.45) is 11.1 Å². The summed E-state index contributed by atoms with van der Waals surface area (Å²) in [6, 6.07) is 17.4. The summed E-state index contributed by atoms with van der Waals surface area (Å²) in [6.07, 6.45) is 0. The summed E-state index contributed by atoms with van der Waals surface area (Å²) in [5.41, 5.74) is 7.82. The van der Waals surface area contributed by atoms with Crippen molar-refractivity contribution >= 4 is 5.91 Å². The quantitative estimate of drug-likeness (QED) is 0.801. The first-order valence-corrected chi connectivity index (χ1v) is 8.20. The van der Waals surface area contributed by atoms with E-state index in [4.69, 9.17) is 10.5 Å². The van der Waals surface area contributed by atoms with Crippen molar-refractivity contribution in [3.05, 3.63) is 54.6 Å². The van der Waals surface area contributed by atoms with Gasteiger partial charge in [-0.15, -0.1) is 0 Å². The molecule has 1 amide bonds. The first-order chi connectivity index (χ1) is 11.4. The van der Waals surface area contributed by atoms with Crippen LogP contribution in [-0.4, -0.2) is 25.1 Å². The minimum absolute atomic E-state index is 0.151. The van der Waals surface area contributed by atoms with Crippen LogP contribution in [0.5, 0.6) is 5.75 Å². The Morgan fingerprint density at radius 2 is 1.71 bits per heavy atom. The van der Waals surface area contributed by atoms with Crippen molar-refractivity contribution < 1.29 is 9.53 Å². The molecule has 0 saturated heterocycles. The predicted octanol–water partition coefficient (Wildman–Crippen LogP) is 3.22. The molecule has 2 aromatic carbocycles. The van der Waals surface area contributed by atoms with Gasteiger partial charge in [-0.05, 0) is 17.0 Å². The number of amides is 1. The molecule has 24 heavy (non-hydrogen) atoms. The molecular formula is C20H26N2O2. The van der Waals surface area contributed by atoms with Gasteiger partial charge in [0.1, 0.15) is 12.4 Å². The molecule has 0 radical (unpaired) electrons. The van der Waals surface area contributed by atoms with E-state index < -0.39 is 6.04 Å². The summed E-state index contributed by atoms with van der Waals surface area (Å²) < 4.78 is 5.85. The molecule has 2 rings (SSSR count). The summed E-state index contributed by atoms with van der Waals surface area (Å²) in [4.78, 5) is 12.0. The Labute approximate surface area is 144 Å².